The highest BCUT2D eigenvalue weighted by atomic mass is 16.2. The Kier molecular flexibility index (Phi) is 4.72. The lowest BCUT2D eigenvalue weighted by Crippen LogP contribution is -2.16. The summed E-state index contributed by atoms with van der Waals surface area (Å²) in [7, 11) is 0. The summed E-state index contributed by atoms with van der Waals surface area (Å²) in [6.07, 6.45) is 3.70. The zero-order valence-electron chi connectivity index (χ0n) is 12.5. The Morgan fingerprint density at radius 1 is 1.20 bits per heavy atom. The third-order valence-electron chi connectivity index (χ3n) is 3.66. The first kappa shape index (κ1) is 14.5. The number of benzene rings is 1. The van der Waals surface area contributed by atoms with Gasteiger partial charge in [0.15, 0.2) is 0 Å². The van der Waals surface area contributed by atoms with E-state index in [2.05, 4.69) is 12.0 Å². The van der Waals surface area contributed by atoms with Crippen molar-refractivity contribution in [2.75, 3.05) is 0 Å². The molecule has 0 unspecified atom stereocenters. The van der Waals surface area contributed by atoms with Gasteiger partial charge in [0, 0.05) is 5.69 Å². The maximum absolute atomic E-state index is 12.4. The number of rotatable bonds is 5. The van der Waals surface area contributed by atoms with Crippen molar-refractivity contribution in [1.82, 2.24) is 9.78 Å². The van der Waals surface area contributed by atoms with Gasteiger partial charge in [-0.2, -0.15) is 5.10 Å². The number of unbranched alkanes of at least 4 members (excludes halogenated alkanes) is 1. The molecule has 1 aromatic heterocycles. The van der Waals surface area contributed by atoms with Gasteiger partial charge in [-0.1, -0.05) is 43.7 Å². The molecule has 0 atom stereocenters. The molecule has 0 fully saturated rings. The van der Waals surface area contributed by atoms with E-state index in [0.29, 0.717) is 6.42 Å². The van der Waals surface area contributed by atoms with Gasteiger partial charge in [0.2, 0.25) is 0 Å². The van der Waals surface area contributed by atoms with Crippen LogP contribution in [-0.2, 0) is 12.8 Å². The second kappa shape index (κ2) is 6.51. The highest BCUT2D eigenvalue weighted by Crippen LogP contribution is 2.16. The molecule has 2 aromatic rings. The molecule has 0 saturated carbocycles. The van der Waals surface area contributed by atoms with Crippen LogP contribution in [0.4, 0.5) is 0 Å². The van der Waals surface area contributed by atoms with Gasteiger partial charge in [-0.15, -0.1) is 0 Å². The standard InChI is InChI=1S/C17H22N2O/c1-4-5-11-16-13(2)18-19(14(16)3)17(20)12-15-9-7-6-8-10-15/h6-10H,4-5,11-12H2,1-3H3. The van der Waals surface area contributed by atoms with Crippen LogP contribution in [0, 0.1) is 13.8 Å². The van der Waals surface area contributed by atoms with E-state index in [4.69, 9.17) is 0 Å². The molecule has 0 aliphatic carbocycles. The average molecular weight is 270 g/mol. The maximum atomic E-state index is 12.4. The van der Waals surface area contributed by atoms with E-state index >= 15 is 0 Å². The summed E-state index contributed by atoms with van der Waals surface area (Å²) >= 11 is 0. The van der Waals surface area contributed by atoms with Crippen LogP contribution in [0.25, 0.3) is 0 Å². The lowest BCUT2D eigenvalue weighted by atomic mass is 10.1. The van der Waals surface area contributed by atoms with Crippen molar-refractivity contribution in [1.29, 1.82) is 0 Å². The van der Waals surface area contributed by atoms with Crippen molar-refractivity contribution in [2.24, 2.45) is 0 Å². The Morgan fingerprint density at radius 3 is 2.55 bits per heavy atom. The van der Waals surface area contributed by atoms with Crippen molar-refractivity contribution in [3.8, 4) is 0 Å². The largest absolute Gasteiger partial charge is 0.272 e. The minimum absolute atomic E-state index is 0.0412. The molecule has 0 bridgehead atoms. The molecule has 20 heavy (non-hydrogen) atoms. The summed E-state index contributed by atoms with van der Waals surface area (Å²) in [5.74, 6) is 0.0412. The molecule has 0 spiro atoms. The predicted octanol–water partition coefficient (Wildman–Crippen LogP) is 3.73. The fourth-order valence-corrected chi connectivity index (χ4v) is 2.48. The van der Waals surface area contributed by atoms with E-state index < -0.39 is 0 Å². The lowest BCUT2D eigenvalue weighted by molar-refractivity contribution is 0.0895. The van der Waals surface area contributed by atoms with Crippen molar-refractivity contribution in [2.45, 2.75) is 46.5 Å². The zero-order valence-corrected chi connectivity index (χ0v) is 12.5. The minimum Gasteiger partial charge on any atom is -0.272 e. The summed E-state index contributed by atoms with van der Waals surface area (Å²) in [4.78, 5) is 12.4. The Hall–Kier alpha value is -1.90. The Balaban J connectivity index is 2.18. The van der Waals surface area contributed by atoms with Crippen LogP contribution in [0.1, 0.15) is 47.1 Å². The first-order valence-corrected chi connectivity index (χ1v) is 7.25. The number of nitrogens with zero attached hydrogens (tertiary/aromatic N) is 2. The predicted molar refractivity (Wildman–Crippen MR) is 81.1 cm³/mol. The average Bonchev–Trinajstić information content (AvgIpc) is 2.73. The van der Waals surface area contributed by atoms with Crippen LogP contribution in [0.3, 0.4) is 0 Å². The quantitative estimate of drug-likeness (QED) is 0.830. The van der Waals surface area contributed by atoms with E-state index in [9.17, 15) is 4.79 Å². The van der Waals surface area contributed by atoms with Crippen LogP contribution in [0.15, 0.2) is 30.3 Å². The number of carbonyl (C=O) groups is 1. The molecule has 0 aliphatic rings. The highest BCUT2D eigenvalue weighted by Gasteiger charge is 2.16. The molecule has 0 N–H and O–H groups in total. The van der Waals surface area contributed by atoms with Crippen molar-refractivity contribution in [3.05, 3.63) is 52.8 Å². The molecule has 0 saturated heterocycles. The highest BCUT2D eigenvalue weighted by molar-refractivity contribution is 5.81. The van der Waals surface area contributed by atoms with Crippen LogP contribution in [-0.4, -0.2) is 15.7 Å². The summed E-state index contributed by atoms with van der Waals surface area (Å²) in [6.45, 7) is 6.16. The fraction of sp³-hybridized carbons (Fsp3) is 0.412. The van der Waals surface area contributed by atoms with Gasteiger partial charge in [-0.25, -0.2) is 4.68 Å². The maximum Gasteiger partial charge on any atom is 0.251 e. The van der Waals surface area contributed by atoms with Gasteiger partial charge in [-0.3, -0.25) is 4.79 Å². The summed E-state index contributed by atoms with van der Waals surface area (Å²) in [5, 5.41) is 4.43. The van der Waals surface area contributed by atoms with E-state index in [0.717, 1.165) is 36.2 Å². The molecule has 0 amide bonds. The fourth-order valence-electron chi connectivity index (χ4n) is 2.48. The monoisotopic (exact) mass is 270 g/mol. The van der Waals surface area contributed by atoms with Crippen LogP contribution in [0.2, 0.25) is 0 Å². The number of hydrogen-bond acceptors (Lipinski definition) is 2. The summed E-state index contributed by atoms with van der Waals surface area (Å²) < 4.78 is 1.58. The number of carbonyl (C=O) groups excluding carboxylic acids is 1. The molecule has 3 nitrogen and oxygen atoms in total. The van der Waals surface area contributed by atoms with Gasteiger partial charge in [0.25, 0.3) is 5.91 Å². The molecule has 0 aliphatic heterocycles. The van der Waals surface area contributed by atoms with Crippen molar-refractivity contribution in [3.63, 3.8) is 0 Å². The molecule has 0 radical (unpaired) electrons. The SMILES string of the molecule is CCCCc1c(C)nn(C(=O)Cc2ccccc2)c1C. The number of hydrogen-bond donors (Lipinski definition) is 0. The number of aromatic nitrogens is 2. The van der Waals surface area contributed by atoms with Gasteiger partial charge in [0.1, 0.15) is 0 Å². The van der Waals surface area contributed by atoms with E-state index in [-0.39, 0.29) is 5.91 Å². The molecule has 2 rings (SSSR count). The van der Waals surface area contributed by atoms with Crippen LogP contribution >= 0.6 is 0 Å². The molecule has 1 aromatic carbocycles. The smallest absolute Gasteiger partial charge is 0.251 e. The molecular formula is C17H22N2O. The Labute approximate surface area is 120 Å². The van der Waals surface area contributed by atoms with Gasteiger partial charge < -0.3 is 0 Å². The Bertz CT molecular complexity index is 585. The third kappa shape index (κ3) is 3.16. The van der Waals surface area contributed by atoms with Gasteiger partial charge >= 0.3 is 0 Å². The van der Waals surface area contributed by atoms with E-state index in [1.807, 2.05) is 44.2 Å². The second-order valence-electron chi connectivity index (χ2n) is 5.22. The molecular weight excluding hydrogens is 248 g/mol. The van der Waals surface area contributed by atoms with E-state index in [1.54, 1.807) is 4.68 Å². The summed E-state index contributed by atoms with van der Waals surface area (Å²) in [5.41, 5.74) is 4.24. The van der Waals surface area contributed by atoms with E-state index in [1.165, 1.54) is 5.56 Å². The first-order valence-electron chi connectivity index (χ1n) is 7.25. The van der Waals surface area contributed by atoms with Crippen LogP contribution in [0.5, 0.6) is 0 Å². The van der Waals surface area contributed by atoms with Crippen LogP contribution < -0.4 is 0 Å². The summed E-state index contributed by atoms with van der Waals surface area (Å²) in [6, 6.07) is 9.82. The third-order valence-corrected chi connectivity index (χ3v) is 3.66. The minimum atomic E-state index is 0.0412. The number of aryl methyl sites for hydroxylation is 1. The zero-order chi connectivity index (χ0) is 14.5. The lowest BCUT2D eigenvalue weighted by Gasteiger charge is -2.04. The first-order chi connectivity index (χ1) is 9.63. The molecule has 3 heteroatoms. The Morgan fingerprint density at radius 2 is 1.90 bits per heavy atom. The van der Waals surface area contributed by atoms with Crippen molar-refractivity contribution < 1.29 is 4.79 Å². The van der Waals surface area contributed by atoms with Crippen molar-refractivity contribution >= 4 is 5.91 Å². The topological polar surface area (TPSA) is 34.9 Å². The molecule has 1 heterocycles. The normalized spacial score (nSPS) is 10.8. The second-order valence-corrected chi connectivity index (χ2v) is 5.22. The van der Waals surface area contributed by atoms with Gasteiger partial charge in [-0.05, 0) is 37.8 Å². The molecule has 106 valence electrons. The van der Waals surface area contributed by atoms with Gasteiger partial charge in [0.05, 0.1) is 12.1 Å².